The number of hydrogen-bond donors (Lipinski definition) is 3. The van der Waals surface area contributed by atoms with Crippen molar-refractivity contribution in [3.63, 3.8) is 0 Å². The summed E-state index contributed by atoms with van der Waals surface area (Å²) in [7, 11) is 4.65. The highest BCUT2D eigenvalue weighted by molar-refractivity contribution is 4.59. The minimum atomic E-state index is 0.641. The maximum absolute atomic E-state index is 4.18. The van der Waals surface area contributed by atoms with Gasteiger partial charge in [-0.05, 0) is 0 Å². The van der Waals surface area contributed by atoms with E-state index in [9.17, 15) is 0 Å². The van der Waals surface area contributed by atoms with Gasteiger partial charge in [-0.3, -0.25) is 0 Å². The van der Waals surface area contributed by atoms with Crippen LogP contribution in [0.3, 0.4) is 0 Å². The molecule has 0 amide bonds. The number of rotatable bonds is 4. The molecule has 0 spiro atoms. The van der Waals surface area contributed by atoms with Gasteiger partial charge in [-0.2, -0.15) is 0 Å². The highest BCUT2D eigenvalue weighted by atomic mass is 15.2. The molecule has 1 aliphatic rings. The lowest BCUT2D eigenvalue weighted by Crippen LogP contribution is -3.19. The summed E-state index contributed by atoms with van der Waals surface area (Å²) in [5.41, 5.74) is 4.18. The third-order valence-electron chi connectivity index (χ3n) is 3.72. The Balaban J connectivity index is 2.26. The Bertz CT molecular complexity index is 153. The van der Waals surface area contributed by atoms with Crippen LogP contribution in [0.4, 0.5) is 0 Å². The van der Waals surface area contributed by atoms with Gasteiger partial charge in [-0.25, -0.2) is 0 Å². The average molecular weight is 202 g/mol. The Morgan fingerprint density at radius 1 is 1.43 bits per heavy atom. The standard InChI is InChI=1S/C11H25N3/c1-4-10(12)9-14(3)11-5-7-13(2)8-6-11/h10-11H,4-9,12H2,1-3H3/p+3/t10-/m0/s1. The lowest BCUT2D eigenvalue weighted by molar-refractivity contribution is -0.944. The van der Waals surface area contributed by atoms with Crippen molar-refractivity contribution < 1.29 is 15.5 Å². The normalized spacial score (nSPS) is 32.6. The van der Waals surface area contributed by atoms with Crippen LogP contribution in [-0.2, 0) is 0 Å². The molecule has 0 radical (unpaired) electrons. The zero-order valence-corrected chi connectivity index (χ0v) is 10.1. The number of nitrogens with one attached hydrogen (secondary N) is 2. The molecule has 14 heavy (non-hydrogen) atoms. The van der Waals surface area contributed by atoms with Crippen molar-refractivity contribution in [2.24, 2.45) is 0 Å². The number of piperidine rings is 1. The number of likely N-dealkylation sites (tertiary alicyclic amines) is 1. The van der Waals surface area contributed by atoms with Crippen LogP contribution in [0, 0.1) is 0 Å². The quantitative estimate of drug-likeness (QED) is 0.441. The molecular weight excluding hydrogens is 174 g/mol. The van der Waals surface area contributed by atoms with Crippen molar-refractivity contribution in [1.29, 1.82) is 0 Å². The minimum absolute atomic E-state index is 0.641. The van der Waals surface area contributed by atoms with Crippen molar-refractivity contribution in [2.45, 2.75) is 38.3 Å². The predicted molar refractivity (Wildman–Crippen MR) is 58.4 cm³/mol. The van der Waals surface area contributed by atoms with Crippen molar-refractivity contribution in [3.05, 3.63) is 0 Å². The van der Waals surface area contributed by atoms with E-state index < -0.39 is 0 Å². The summed E-state index contributed by atoms with van der Waals surface area (Å²) in [5.74, 6) is 0. The molecule has 0 aromatic rings. The molecule has 1 saturated heterocycles. The Morgan fingerprint density at radius 3 is 2.50 bits per heavy atom. The smallest absolute Gasteiger partial charge is 0.134 e. The van der Waals surface area contributed by atoms with E-state index in [4.69, 9.17) is 0 Å². The molecule has 0 aliphatic carbocycles. The summed E-state index contributed by atoms with van der Waals surface area (Å²) in [5, 5.41) is 0. The first-order valence-corrected chi connectivity index (χ1v) is 6.10. The predicted octanol–water partition coefficient (Wildman–Crippen LogP) is -2.80. The van der Waals surface area contributed by atoms with E-state index >= 15 is 0 Å². The molecule has 1 unspecified atom stereocenters. The molecule has 0 aromatic carbocycles. The topological polar surface area (TPSA) is 36.5 Å². The zero-order valence-electron chi connectivity index (χ0n) is 10.1. The Labute approximate surface area is 88.2 Å². The summed E-state index contributed by atoms with van der Waals surface area (Å²) < 4.78 is 0. The third kappa shape index (κ3) is 3.56. The van der Waals surface area contributed by atoms with E-state index in [1.165, 1.54) is 38.9 Å². The van der Waals surface area contributed by atoms with Crippen LogP contribution in [0.15, 0.2) is 0 Å². The highest BCUT2D eigenvalue weighted by Gasteiger charge is 2.27. The minimum Gasteiger partial charge on any atom is -0.350 e. The van der Waals surface area contributed by atoms with Gasteiger partial charge in [0.1, 0.15) is 12.6 Å². The van der Waals surface area contributed by atoms with Crippen LogP contribution in [-0.4, -0.2) is 45.8 Å². The van der Waals surface area contributed by atoms with E-state index in [1.807, 2.05) is 0 Å². The van der Waals surface area contributed by atoms with Crippen molar-refractivity contribution in [2.75, 3.05) is 33.7 Å². The largest absolute Gasteiger partial charge is 0.350 e. The molecule has 0 aromatic heterocycles. The van der Waals surface area contributed by atoms with E-state index in [0.29, 0.717) is 6.04 Å². The van der Waals surface area contributed by atoms with Crippen molar-refractivity contribution >= 4 is 0 Å². The van der Waals surface area contributed by atoms with Crippen LogP contribution in [0.5, 0.6) is 0 Å². The fourth-order valence-electron chi connectivity index (χ4n) is 2.37. The second-order valence-electron chi connectivity index (χ2n) is 5.06. The first-order chi connectivity index (χ1) is 6.63. The number of likely N-dealkylation sites (N-methyl/N-ethyl adjacent to an activating group) is 1. The summed E-state index contributed by atoms with van der Waals surface area (Å²) in [6, 6.07) is 1.54. The Morgan fingerprint density at radius 2 is 2.00 bits per heavy atom. The third-order valence-corrected chi connectivity index (χ3v) is 3.72. The first kappa shape index (κ1) is 12.0. The summed E-state index contributed by atoms with van der Waals surface area (Å²) in [6.07, 6.45) is 4.01. The molecule has 0 saturated carbocycles. The van der Waals surface area contributed by atoms with Gasteiger partial charge in [0, 0.05) is 19.3 Å². The number of hydrogen-bond acceptors (Lipinski definition) is 0. The Kier molecular flexibility index (Phi) is 4.85. The van der Waals surface area contributed by atoms with Crippen LogP contribution in [0.2, 0.25) is 0 Å². The van der Waals surface area contributed by atoms with Gasteiger partial charge in [-0.15, -0.1) is 0 Å². The van der Waals surface area contributed by atoms with Gasteiger partial charge in [0.05, 0.1) is 33.2 Å². The van der Waals surface area contributed by atoms with E-state index in [2.05, 4.69) is 26.8 Å². The lowest BCUT2D eigenvalue weighted by atomic mass is 10.0. The van der Waals surface area contributed by atoms with Gasteiger partial charge in [0.25, 0.3) is 0 Å². The number of quaternary nitrogens is 3. The molecule has 3 heteroatoms. The van der Waals surface area contributed by atoms with E-state index in [0.717, 1.165) is 6.04 Å². The average Bonchev–Trinajstić information content (AvgIpc) is 2.18. The second kappa shape index (κ2) is 5.69. The zero-order chi connectivity index (χ0) is 10.6. The van der Waals surface area contributed by atoms with Gasteiger partial charge in [-0.1, -0.05) is 6.92 Å². The van der Waals surface area contributed by atoms with Crippen LogP contribution in [0.25, 0.3) is 0 Å². The fourth-order valence-corrected chi connectivity index (χ4v) is 2.37. The van der Waals surface area contributed by atoms with Crippen LogP contribution >= 0.6 is 0 Å². The molecule has 5 N–H and O–H groups in total. The molecule has 1 aliphatic heterocycles. The molecule has 2 atom stereocenters. The lowest BCUT2D eigenvalue weighted by Gasteiger charge is -2.31. The molecule has 1 rings (SSSR count). The summed E-state index contributed by atoms with van der Waals surface area (Å²) in [6.45, 7) is 6.20. The van der Waals surface area contributed by atoms with E-state index in [1.54, 1.807) is 9.80 Å². The van der Waals surface area contributed by atoms with Gasteiger partial charge >= 0.3 is 0 Å². The maximum atomic E-state index is 4.18. The molecule has 84 valence electrons. The van der Waals surface area contributed by atoms with Crippen LogP contribution in [0.1, 0.15) is 26.2 Å². The van der Waals surface area contributed by atoms with Crippen molar-refractivity contribution in [1.82, 2.24) is 0 Å². The van der Waals surface area contributed by atoms with Gasteiger partial charge in [0.2, 0.25) is 0 Å². The van der Waals surface area contributed by atoms with E-state index in [-0.39, 0.29) is 0 Å². The Hall–Kier alpha value is -0.120. The molecule has 1 heterocycles. The highest BCUT2D eigenvalue weighted by Crippen LogP contribution is 1.94. The van der Waals surface area contributed by atoms with Crippen molar-refractivity contribution in [3.8, 4) is 0 Å². The monoisotopic (exact) mass is 202 g/mol. The second-order valence-corrected chi connectivity index (χ2v) is 5.06. The maximum Gasteiger partial charge on any atom is 0.134 e. The first-order valence-electron chi connectivity index (χ1n) is 6.10. The SMILES string of the molecule is CC[C@H]([NH3+])C[NH+](C)C1CC[NH+](C)CC1. The summed E-state index contributed by atoms with van der Waals surface area (Å²) in [4.78, 5) is 3.41. The molecular formula is C11H28N3+3. The van der Waals surface area contributed by atoms with Gasteiger partial charge in [0.15, 0.2) is 0 Å². The summed E-state index contributed by atoms with van der Waals surface area (Å²) >= 11 is 0. The molecule has 0 bridgehead atoms. The molecule has 1 fully saturated rings. The fraction of sp³-hybridized carbons (Fsp3) is 1.00. The van der Waals surface area contributed by atoms with Crippen LogP contribution < -0.4 is 15.5 Å². The van der Waals surface area contributed by atoms with Gasteiger partial charge < -0.3 is 15.5 Å². The molecule has 3 nitrogen and oxygen atoms in total.